The van der Waals surface area contributed by atoms with E-state index < -0.39 is 0 Å². The van der Waals surface area contributed by atoms with Gasteiger partial charge in [-0.05, 0) is 74.7 Å². The van der Waals surface area contributed by atoms with Gasteiger partial charge in [0, 0.05) is 24.2 Å². The van der Waals surface area contributed by atoms with Crippen molar-refractivity contribution in [2.45, 2.75) is 32.4 Å². The fraction of sp³-hybridized carbons (Fsp3) is 0.458. The minimum atomic E-state index is 0.128. The Kier molecular flexibility index (Phi) is 8.43. The number of phenolic OH excluding ortho intramolecular Hbond substituents is 1. The molecule has 2 aromatic carbocycles. The molecular formula is C24H33ClN4O2. The molecule has 31 heavy (non-hydrogen) atoms. The molecular weight excluding hydrogens is 412 g/mol. The van der Waals surface area contributed by atoms with Gasteiger partial charge < -0.3 is 20.5 Å². The molecule has 0 bridgehead atoms. The van der Waals surface area contributed by atoms with Gasteiger partial charge in [0.15, 0.2) is 17.5 Å². The summed E-state index contributed by atoms with van der Waals surface area (Å²) >= 11 is 6.27. The lowest BCUT2D eigenvalue weighted by molar-refractivity contribution is 0.122. The van der Waals surface area contributed by atoms with Crippen LogP contribution in [0.15, 0.2) is 47.5 Å². The number of rotatable bonds is 7. The van der Waals surface area contributed by atoms with Crippen LogP contribution >= 0.6 is 11.6 Å². The van der Waals surface area contributed by atoms with E-state index in [9.17, 15) is 5.11 Å². The number of phenols is 1. The van der Waals surface area contributed by atoms with Gasteiger partial charge in [-0.2, -0.15) is 0 Å². The van der Waals surface area contributed by atoms with Crippen molar-refractivity contribution >= 4 is 17.6 Å². The van der Waals surface area contributed by atoms with Gasteiger partial charge in [0.2, 0.25) is 0 Å². The monoisotopic (exact) mass is 444 g/mol. The second kappa shape index (κ2) is 11.3. The van der Waals surface area contributed by atoms with E-state index in [1.807, 2.05) is 18.2 Å². The normalized spacial score (nSPS) is 19.8. The van der Waals surface area contributed by atoms with Gasteiger partial charge >= 0.3 is 0 Å². The highest BCUT2D eigenvalue weighted by Crippen LogP contribution is 2.35. The Labute approximate surface area is 190 Å². The Morgan fingerprint density at radius 3 is 2.81 bits per heavy atom. The number of aromatic hydroxyl groups is 1. The quantitative estimate of drug-likeness (QED) is 0.441. The SMILES string of the molecule is CCNC(=NCc1ccc(OC)c(O)c1)NCC1CCCN(C)C1c1cccc(Cl)c1. The number of aliphatic imine (C=N–C) groups is 1. The Balaban J connectivity index is 1.68. The van der Waals surface area contributed by atoms with E-state index in [1.54, 1.807) is 19.2 Å². The lowest BCUT2D eigenvalue weighted by atomic mass is 9.85. The molecule has 1 aliphatic heterocycles. The van der Waals surface area contributed by atoms with E-state index in [2.05, 4.69) is 41.6 Å². The molecule has 1 fully saturated rings. The zero-order valence-electron chi connectivity index (χ0n) is 18.6. The first-order valence-corrected chi connectivity index (χ1v) is 11.2. The van der Waals surface area contributed by atoms with Gasteiger partial charge in [0.1, 0.15) is 0 Å². The van der Waals surface area contributed by atoms with E-state index in [4.69, 9.17) is 21.3 Å². The number of halogens is 1. The zero-order valence-corrected chi connectivity index (χ0v) is 19.3. The number of nitrogens with zero attached hydrogens (tertiary/aromatic N) is 2. The van der Waals surface area contributed by atoms with Crippen LogP contribution < -0.4 is 15.4 Å². The fourth-order valence-electron chi connectivity index (χ4n) is 4.26. The van der Waals surface area contributed by atoms with E-state index in [0.29, 0.717) is 24.3 Å². The van der Waals surface area contributed by atoms with Crippen LogP contribution in [0.1, 0.15) is 36.9 Å². The van der Waals surface area contributed by atoms with Crippen LogP contribution in [0.25, 0.3) is 0 Å². The first-order chi connectivity index (χ1) is 15.0. The Morgan fingerprint density at radius 1 is 1.26 bits per heavy atom. The molecule has 3 N–H and O–H groups in total. The first kappa shape index (κ1) is 23.2. The predicted octanol–water partition coefficient (Wildman–Crippen LogP) is 4.19. The summed E-state index contributed by atoms with van der Waals surface area (Å²) in [6.07, 6.45) is 2.33. The van der Waals surface area contributed by atoms with Crippen LogP contribution in [0.3, 0.4) is 0 Å². The predicted molar refractivity (Wildman–Crippen MR) is 127 cm³/mol. The highest BCUT2D eigenvalue weighted by atomic mass is 35.5. The van der Waals surface area contributed by atoms with Crippen molar-refractivity contribution in [1.29, 1.82) is 0 Å². The maximum absolute atomic E-state index is 10.00. The number of likely N-dealkylation sites (tertiary alicyclic amines) is 1. The number of guanidine groups is 1. The minimum Gasteiger partial charge on any atom is -0.504 e. The third-order valence-electron chi connectivity index (χ3n) is 5.74. The van der Waals surface area contributed by atoms with Crippen molar-refractivity contribution in [3.05, 3.63) is 58.6 Å². The zero-order chi connectivity index (χ0) is 22.2. The van der Waals surface area contributed by atoms with E-state index in [1.165, 1.54) is 12.0 Å². The number of hydrogen-bond acceptors (Lipinski definition) is 4. The molecule has 0 amide bonds. The summed E-state index contributed by atoms with van der Waals surface area (Å²) in [4.78, 5) is 7.13. The first-order valence-electron chi connectivity index (χ1n) is 10.9. The molecule has 168 valence electrons. The molecule has 0 radical (unpaired) electrons. The van der Waals surface area contributed by atoms with E-state index >= 15 is 0 Å². The van der Waals surface area contributed by atoms with Crippen LogP contribution in [-0.4, -0.2) is 49.8 Å². The summed E-state index contributed by atoms with van der Waals surface area (Å²) in [5, 5.41) is 17.6. The average Bonchev–Trinajstić information content (AvgIpc) is 2.75. The van der Waals surface area contributed by atoms with Gasteiger partial charge in [-0.15, -0.1) is 0 Å². The molecule has 0 aromatic heterocycles. The number of benzene rings is 2. The van der Waals surface area contributed by atoms with Crippen molar-refractivity contribution in [2.24, 2.45) is 10.9 Å². The summed E-state index contributed by atoms with van der Waals surface area (Å²) in [7, 11) is 3.73. The van der Waals surface area contributed by atoms with E-state index in [-0.39, 0.29) is 5.75 Å². The van der Waals surface area contributed by atoms with Crippen molar-refractivity contribution in [3.63, 3.8) is 0 Å². The summed E-state index contributed by atoms with van der Waals surface area (Å²) in [6, 6.07) is 13.9. The summed E-state index contributed by atoms with van der Waals surface area (Å²) < 4.78 is 5.11. The molecule has 2 aromatic rings. The maximum Gasteiger partial charge on any atom is 0.191 e. The number of piperidine rings is 1. The fourth-order valence-corrected chi connectivity index (χ4v) is 4.46. The summed E-state index contributed by atoms with van der Waals surface area (Å²) in [5.74, 6) is 1.82. The molecule has 0 aliphatic carbocycles. The topological polar surface area (TPSA) is 69.1 Å². The van der Waals surface area contributed by atoms with Crippen LogP contribution in [-0.2, 0) is 6.54 Å². The molecule has 0 saturated carbocycles. The van der Waals surface area contributed by atoms with Gasteiger partial charge in [0.05, 0.1) is 13.7 Å². The Hall–Kier alpha value is -2.44. The van der Waals surface area contributed by atoms with Crippen LogP contribution in [0, 0.1) is 5.92 Å². The molecule has 2 atom stereocenters. The second-order valence-electron chi connectivity index (χ2n) is 7.97. The third kappa shape index (κ3) is 6.28. The number of hydrogen-bond donors (Lipinski definition) is 3. The smallest absolute Gasteiger partial charge is 0.191 e. The van der Waals surface area contributed by atoms with Crippen molar-refractivity contribution in [3.8, 4) is 11.5 Å². The molecule has 6 nitrogen and oxygen atoms in total. The third-order valence-corrected chi connectivity index (χ3v) is 5.97. The van der Waals surface area contributed by atoms with Gasteiger partial charge in [-0.3, -0.25) is 4.90 Å². The van der Waals surface area contributed by atoms with E-state index in [0.717, 1.165) is 42.6 Å². The number of nitrogens with one attached hydrogen (secondary N) is 2. The molecule has 1 saturated heterocycles. The average molecular weight is 445 g/mol. The largest absolute Gasteiger partial charge is 0.504 e. The second-order valence-corrected chi connectivity index (χ2v) is 8.40. The van der Waals surface area contributed by atoms with Crippen LogP contribution in [0.2, 0.25) is 5.02 Å². The number of methoxy groups -OCH3 is 1. The van der Waals surface area contributed by atoms with Crippen molar-refractivity contribution in [1.82, 2.24) is 15.5 Å². The number of ether oxygens (including phenoxy) is 1. The van der Waals surface area contributed by atoms with Gasteiger partial charge in [-0.25, -0.2) is 4.99 Å². The van der Waals surface area contributed by atoms with Gasteiger partial charge in [-0.1, -0.05) is 29.8 Å². The minimum absolute atomic E-state index is 0.128. The Morgan fingerprint density at radius 2 is 2.10 bits per heavy atom. The molecule has 1 heterocycles. The Bertz CT molecular complexity index is 890. The van der Waals surface area contributed by atoms with Crippen molar-refractivity contribution < 1.29 is 9.84 Å². The van der Waals surface area contributed by atoms with Gasteiger partial charge in [0.25, 0.3) is 0 Å². The lowest BCUT2D eigenvalue weighted by Crippen LogP contribution is -2.45. The molecule has 1 aliphatic rings. The van der Waals surface area contributed by atoms with Crippen molar-refractivity contribution in [2.75, 3.05) is 33.8 Å². The summed E-state index contributed by atoms with van der Waals surface area (Å²) in [5.41, 5.74) is 2.18. The molecule has 7 heteroatoms. The molecule has 2 unspecified atom stereocenters. The van der Waals surface area contributed by atoms with Crippen LogP contribution in [0.5, 0.6) is 11.5 Å². The molecule has 3 rings (SSSR count). The van der Waals surface area contributed by atoms with Crippen LogP contribution in [0.4, 0.5) is 0 Å². The highest BCUT2D eigenvalue weighted by molar-refractivity contribution is 6.30. The molecule has 0 spiro atoms. The summed E-state index contributed by atoms with van der Waals surface area (Å²) in [6.45, 7) is 5.21. The maximum atomic E-state index is 10.00. The lowest BCUT2D eigenvalue weighted by Gasteiger charge is -2.40. The standard InChI is InChI=1S/C24H33ClN4O2/c1-4-26-24(27-15-17-10-11-22(31-3)21(30)13-17)28-16-19-8-6-12-29(2)23(19)18-7-5-9-20(25)14-18/h5,7,9-11,13-14,19,23,30H,4,6,8,12,15-16H2,1-3H3,(H2,26,27,28). The highest BCUT2D eigenvalue weighted by Gasteiger charge is 2.30.